The Morgan fingerprint density at radius 3 is 2.60 bits per heavy atom. The standard InChI is InChI=1S/C24H42N6/c1-5-25-24(26-16-20(2)17-29-13-11-28(4)12-14-29)27-23-15-21(3)30(19-23)18-22-9-7-6-8-10-22/h6-10,20-21,23H,5,11-19H2,1-4H3,(H2,25,26,27). The van der Waals surface area contributed by atoms with Crippen molar-refractivity contribution in [2.24, 2.45) is 10.9 Å². The summed E-state index contributed by atoms with van der Waals surface area (Å²) in [7, 11) is 2.21. The van der Waals surface area contributed by atoms with Gasteiger partial charge in [0.05, 0.1) is 0 Å². The summed E-state index contributed by atoms with van der Waals surface area (Å²) >= 11 is 0. The molecule has 0 aromatic heterocycles. The first kappa shape index (κ1) is 23.0. The van der Waals surface area contributed by atoms with E-state index < -0.39 is 0 Å². The molecule has 6 heteroatoms. The van der Waals surface area contributed by atoms with Gasteiger partial charge in [-0.25, -0.2) is 0 Å². The molecule has 2 N–H and O–H groups in total. The highest BCUT2D eigenvalue weighted by atomic mass is 15.3. The molecule has 0 saturated carbocycles. The van der Waals surface area contributed by atoms with Crippen molar-refractivity contribution < 1.29 is 0 Å². The molecule has 2 aliphatic heterocycles. The maximum atomic E-state index is 4.93. The first-order valence-electron chi connectivity index (χ1n) is 11.8. The highest BCUT2D eigenvalue weighted by Crippen LogP contribution is 2.20. The first-order chi connectivity index (χ1) is 14.5. The van der Waals surface area contributed by atoms with Crippen LogP contribution in [0.1, 0.15) is 32.8 Å². The fraction of sp³-hybridized carbons (Fsp3) is 0.708. The van der Waals surface area contributed by atoms with Crippen molar-refractivity contribution >= 4 is 5.96 Å². The number of guanidine groups is 1. The number of likely N-dealkylation sites (N-methyl/N-ethyl adjacent to an activating group) is 1. The Kier molecular flexibility index (Phi) is 8.97. The van der Waals surface area contributed by atoms with Gasteiger partial charge in [0.25, 0.3) is 0 Å². The van der Waals surface area contributed by atoms with Crippen LogP contribution in [0.3, 0.4) is 0 Å². The van der Waals surface area contributed by atoms with E-state index in [0.29, 0.717) is 18.0 Å². The van der Waals surface area contributed by atoms with Gasteiger partial charge in [-0.3, -0.25) is 9.89 Å². The van der Waals surface area contributed by atoms with E-state index in [4.69, 9.17) is 4.99 Å². The van der Waals surface area contributed by atoms with Crippen molar-refractivity contribution in [2.45, 2.75) is 45.8 Å². The zero-order valence-corrected chi connectivity index (χ0v) is 19.5. The maximum absolute atomic E-state index is 4.93. The molecule has 0 amide bonds. The number of likely N-dealkylation sites (tertiary alicyclic amines) is 1. The summed E-state index contributed by atoms with van der Waals surface area (Å²) < 4.78 is 0. The van der Waals surface area contributed by atoms with Gasteiger partial charge in [0, 0.05) is 71.0 Å². The van der Waals surface area contributed by atoms with E-state index in [-0.39, 0.29) is 0 Å². The molecule has 3 atom stereocenters. The topological polar surface area (TPSA) is 46.1 Å². The summed E-state index contributed by atoms with van der Waals surface area (Å²) in [6.07, 6.45) is 1.16. The number of nitrogens with one attached hydrogen (secondary N) is 2. The van der Waals surface area contributed by atoms with E-state index in [2.05, 4.69) is 83.5 Å². The fourth-order valence-electron chi connectivity index (χ4n) is 4.53. The molecule has 2 aliphatic rings. The van der Waals surface area contributed by atoms with Gasteiger partial charge < -0.3 is 20.4 Å². The van der Waals surface area contributed by atoms with E-state index in [0.717, 1.165) is 45.1 Å². The second kappa shape index (κ2) is 11.7. The molecule has 2 saturated heterocycles. The largest absolute Gasteiger partial charge is 0.357 e. The highest BCUT2D eigenvalue weighted by Gasteiger charge is 2.29. The second-order valence-electron chi connectivity index (χ2n) is 9.27. The van der Waals surface area contributed by atoms with Gasteiger partial charge in [-0.15, -0.1) is 0 Å². The molecule has 0 radical (unpaired) electrons. The summed E-state index contributed by atoms with van der Waals surface area (Å²) in [6, 6.07) is 11.8. The number of rotatable bonds is 8. The first-order valence-corrected chi connectivity index (χ1v) is 11.8. The Morgan fingerprint density at radius 2 is 1.90 bits per heavy atom. The normalized spacial score (nSPS) is 25.4. The van der Waals surface area contributed by atoms with Crippen LogP contribution in [0.15, 0.2) is 35.3 Å². The average Bonchev–Trinajstić information content (AvgIpc) is 3.07. The van der Waals surface area contributed by atoms with Crippen molar-refractivity contribution in [3.8, 4) is 0 Å². The van der Waals surface area contributed by atoms with Gasteiger partial charge in [-0.05, 0) is 38.8 Å². The minimum atomic E-state index is 0.453. The molecule has 2 heterocycles. The molecule has 168 valence electrons. The Hall–Kier alpha value is -1.63. The number of hydrogen-bond donors (Lipinski definition) is 2. The number of benzene rings is 1. The number of hydrogen-bond acceptors (Lipinski definition) is 4. The van der Waals surface area contributed by atoms with Crippen LogP contribution in [0, 0.1) is 5.92 Å². The SMILES string of the molecule is CCNC(=NCC(C)CN1CCN(C)CC1)NC1CC(C)N(Cc2ccccc2)C1. The molecule has 1 aromatic carbocycles. The van der Waals surface area contributed by atoms with E-state index in [1.807, 2.05) is 0 Å². The van der Waals surface area contributed by atoms with Crippen LogP contribution in [0.5, 0.6) is 0 Å². The molecule has 0 aliphatic carbocycles. The van der Waals surface area contributed by atoms with Gasteiger partial charge >= 0.3 is 0 Å². The average molecular weight is 415 g/mol. The zero-order chi connectivity index (χ0) is 21.3. The van der Waals surface area contributed by atoms with Crippen molar-refractivity contribution in [1.82, 2.24) is 25.3 Å². The Labute approximate surface area is 183 Å². The van der Waals surface area contributed by atoms with Gasteiger partial charge in [0.2, 0.25) is 0 Å². The lowest BCUT2D eigenvalue weighted by Crippen LogP contribution is -2.46. The van der Waals surface area contributed by atoms with Gasteiger partial charge in [0.1, 0.15) is 0 Å². The van der Waals surface area contributed by atoms with Crippen molar-refractivity contribution in [2.75, 3.05) is 59.4 Å². The molecule has 3 unspecified atom stereocenters. The predicted octanol–water partition coefficient (Wildman–Crippen LogP) is 2.09. The third kappa shape index (κ3) is 7.25. The lowest BCUT2D eigenvalue weighted by Gasteiger charge is -2.33. The summed E-state index contributed by atoms with van der Waals surface area (Å²) in [5, 5.41) is 7.16. The van der Waals surface area contributed by atoms with Crippen LogP contribution in [0.25, 0.3) is 0 Å². The quantitative estimate of drug-likeness (QED) is 0.504. The summed E-state index contributed by atoms with van der Waals surface area (Å²) in [5.41, 5.74) is 1.39. The van der Waals surface area contributed by atoms with Crippen LogP contribution in [0.2, 0.25) is 0 Å². The number of nitrogens with zero attached hydrogens (tertiary/aromatic N) is 4. The lowest BCUT2D eigenvalue weighted by atomic mass is 10.1. The zero-order valence-electron chi connectivity index (χ0n) is 19.5. The fourth-order valence-corrected chi connectivity index (χ4v) is 4.53. The summed E-state index contributed by atoms with van der Waals surface area (Å²) in [4.78, 5) is 12.5. The van der Waals surface area contributed by atoms with Crippen LogP contribution >= 0.6 is 0 Å². The van der Waals surface area contributed by atoms with Gasteiger partial charge in [0.15, 0.2) is 5.96 Å². The smallest absolute Gasteiger partial charge is 0.191 e. The molecule has 2 fully saturated rings. The second-order valence-corrected chi connectivity index (χ2v) is 9.27. The Balaban J connectivity index is 1.47. The summed E-state index contributed by atoms with van der Waals surface area (Å²) in [5.74, 6) is 1.54. The Morgan fingerprint density at radius 1 is 1.17 bits per heavy atom. The van der Waals surface area contributed by atoms with Crippen LogP contribution in [-0.4, -0.2) is 92.1 Å². The van der Waals surface area contributed by atoms with Crippen LogP contribution in [-0.2, 0) is 6.54 Å². The van der Waals surface area contributed by atoms with Crippen LogP contribution in [0.4, 0.5) is 0 Å². The minimum Gasteiger partial charge on any atom is -0.357 e. The van der Waals surface area contributed by atoms with Crippen LogP contribution < -0.4 is 10.6 Å². The maximum Gasteiger partial charge on any atom is 0.191 e. The van der Waals surface area contributed by atoms with Gasteiger partial charge in [-0.2, -0.15) is 0 Å². The molecule has 6 nitrogen and oxygen atoms in total. The predicted molar refractivity (Wildman–Crippen MR) is 127 cm³/mol. The van der Waals surface area contributed by atoms with Crippen molar-refractivity contribution in [3.63, 3.8) is 0 Å². The van der Waals surface area contributed by atoms with E-state index in [1.54, 1.807) is 0 Å². The number of aliphatic imine (C=N–C) groups is 1. The molecule has 0 spiro atoms. The lowest BCUT2D eigenvalue weighted by molar-refractivity contribution is 0.140. The molecular formula is C24H42N6. The highest BCUT2D eigenvalue weighted by molar-refractivity contribution is 5.80. The van der Waals surface area contributed by atoms with Crippen molar-refractivity contribution in [3.05, 3.63) is 35.9 Å². The Bertz CT molecular complexity index is 640. The minimum absolute atomic E-state index is 0.453. The number of piperazine rings is 1. The monoisotopic (exact) mass is 414 g/mol. The van der Waals surface area contributed by atoms with E-state index in [1.165, 1.54) is 31.7 Å². The van der Waals surface area contributed by atoms with E-state index >= 15 is 0 Å². The van der Waals surface area contributed by atoms with E-state index in [9.17, 15) is 0 Å². The molecule has 3 rings (SSSR count). The molecule has 30 heavy (non-hydrogen) atoms. The molecule has 0 bridgehead atoms. The third-order valence-corrected chi connectivity index (χ3v) is 6.34. The molecular weight excluding hydrogens is 372 g/mol. The van der Waals surface area contributed by atoms with Crippen molar-refractivity contribution in [1.29, 1.82) is 0 Å². The summed E-state index contributed by atoms with van der Waals surface area (Å²) in [6.45, 7) is 16.5. The molecule has 1 aromatic rings. The van der Waals surface area contributed by atoms with Gasteiger partial charge in [-0.1, -0.05) is 37.3 Å². The third-order valence-electron chi connectivity index (χ3n) is 6.34.